The normalized spacial score (nSPS) is 19.4. The van der Waals surface area contributed by atoms with Crippen LogP contribution in [0.1, 0.15) is 58.3 Å². The zero-order valence-electron chi connectivity index (χ0n) is 11.4. The van der Waals surface area contributed by atoms with E-state index in [-0.39, 0.29) is 0 Å². The van der Waals surface area contributed by atoms with E-state index in [4.69, 9.17) is 0 Å². The highest BCUT2D eigenvalue weighted by Crippen LogP contribution is 2.34. The molecule has 1 fully saturated rings. The van der Waals surface area contributed by atoms with Crippen LogP contribution in [0, 0.1) is 0 Å². The Labute approximate surface area is 106 Å². The van der Waals surface area contributed by atoms with Crippen molar-refractivity contribution in [1.29, 1.82) is 0 Å². The summed E-state index contributed by atoms with van der Waals surface area (Å²) in [6.07, 6.45) is 12.7. The first kappa shape index (κ1) is 12.5. The fourth-order valence-electron chi connectivity index (χ4n) is 2.86. The summed E-state index contributed by atoms with van der Waals surface area (Å²) in [5, 5.41) is 3.68. The molecule has 0 radical (unpaired) electrons. The molecule has 0 aliphatic carbocycles. The molecule has 0 spiro atoms. The van der Waals surface area contributed by atoms with Crippen LogP contribution in [0.3, 0.4) is 0 Å². The van der Waals surface area contributed by atoms with Gasteiger partial charge >= 0.3 is 0 Å². The largest absolute Gasteiger partial charge is 0.387 e. The average Bonchev–Trinajstić information content (AvgIpc) is 2.58. The summed E-state index contributed by atoms with van der Waals surface area (Å²) in [4.78, 5) is 2.40. The van der Waals surface area contributed by atoms with Crippen molar-refractivity contribution in [3.8, 4) is 0 Å². The lowest BCUT2D eigenvalue weighted by Gasteiger charge is -2.18. The zero-order valence-corrected chi connectivity index (χ0v) is 11.4. The lowest BCUT2D eigenvalue weighted by Crippen LogP contribution is -2.20. The number of fused-ring (bicyclic) bond motifs is 2. The average molecular weight is 234 g/mol. The molecular weight excluding hydrogens is 208 g/mol. The summed E-state index contributed by atoms with van der Waals surface area (Å²) in [6, 6.07) is 0. The third-order valence-electron chi connectivity index (χ3n) is 3.95. The smallest absolute Gasteiger partial charge is 0.0368 e. The number of hydrogen-bond donors (Lipinski definition) is 1. The first-order valence-electron chi connectivity index (χ1n) is 7.21. The molecule has 2 heteroatoms. The van der Waals surface area contributed by atoms with Gasteiger partial charge in [0.05, 0.1) is 0 Å². The Morgan fingerprint density at radius 1 is 1.18 bits per heavy atom. The van der Waals surface area contributed by atoms with Gasteiger partial charge < -0.3 is 10.2 Å². The topological polar surface area (TPSA) is 15.3 Å². The lowest BCUT2D eigenvalue weighted by atomic mass is 10.1. The van der Waals surface area contributed by atoms with E-state index >= 15 is 0 Å². The van der Waals surface area contributed by atoms with Crippen molar-refractivity contribution in [2.24, 2.45) is 0 Å². The van der Waals surface area contributed by atoms with E-state index in [1.807, 2.05) is 0 Å². The van der Waals surface area contributed by atoms with Gasteiger partial charge in [-0.3, -0.25) is 0 Å². The molecule has 0 aromatic rings. The maximum absolute atomic E-state index is 3.68. The molecular formula is C15H26N2. The van der Waals surface area contributed by atoms with E-state index in [2.05, 4.69) is 30.3 Å². The molecule has 2 rings (SSSR count). The summed E-state index contributed by atoms with van der Waals surface area (Å²) < 4.78 is 0. The highest BCUT2D eigenvalue weighted by molar-refractivity contribution is 5.27. The van der Waals surface area contributed by atoms with Gasteiger partial charge in [-0.1, -0.05) is 32.3 Å². The Morgan fingerprint density at radius 2 is 2.06 bits per heavy atom. The SMILES string of the molecule is CCCCCCNC1=C2CCC(=CCC1)N2C. The Kier molecular flexibility index (Phi) is 4.52. The number of rotatable bonds is 6. The number of nitrogens with one attached hydrogen (secondary N) is 1. The Bertz CT molecular complexity index is 315. The van der Waals surface area contributed by atoms with Gasteiger partial charge in [0, 0.05) is 30.7 Å². The molecule has 2 bridgehead atoms. The van der Waals surface area contributed by atoms with Gasteiger partial charge in [-0.25, -0.2) is 0 Å². The summed E-state index contributed by atoms with van der Waals surface area (Å²) in [6.45, 7) is 3.42. The highest BCUT2D eigenvalue weighted by Gasteiger charge is 2.23. The second kappa shape index (κ2) is 6.13. The minimum Gasteiger partial charge on any atom is -0.387 e. The van der Waals surface area contributed by atoms with Crippen molar-refractivity contribution in [2.45, 2.75) is 58.3 Å². The Balaban J connectivity index is 1.84. The first-order chi connectivity index (χ1) is 8.33. The monoisotopic (exact) mass is 234 g/mol. The highest BCUT2D eigenvalue weighted by atomic mass is 15.2. The Morgan fingerprint density at radius 3 is 2.88 bits per heavy atom. The van der Waals surface area contributed by atoms with Gasteiger partial charge in [-0.05, 0) is 32.1 Å². The van der Waals surface area contributed by atoms with Crippen LogP contribution < -0.4 is 5.32 Å². The molecule has 0 amide bonds. The molecule has 0 unspecified atom stereocenters. The van der Waals surface area contributed by atoms with Crippen LogP contribution in [0.15, 0.2) is 23.2 Å². The van der Waals surface area contributed by atoms with Gasteiger partial charge in [-0.15, -0.1) is 0 Å². The minimum absolute atomic E-state index is 1.15. The maximum atomic E-state index is 3.68. The van der Waals surface area contributed by atoms with Gasteiger partial charge in [0.2, 0.25) is 0 Å². The molecule has 2 aliphatic heterocycles. The number of nitrogens with zero attached hydrogens (tertiary/aromatic N) is 1. The summed E-state index contributed by atoms with van der Waals surface area (Å²) in [5.74, 6) is 0. The van der Waals surface area contributed by atoms with E-state index in [0.717, 1.165) is 6.54 Å². The maximum Gasteiger partial charge on any atom is 0.0368 e. The van der Waals surface area contributed by atoms with Crippen molar-refractivity contribution in [1.82, 2.24) is 10.2 Å². The van der Waals surface area contributed by atoms with Crippen molar-refractivity contribution in [3.05, 3.63) is 23.2 Å². The number of unbranched alkanes of at least 4 members (excludes halogenated alkanes) is 3. The molecule has 0 saturated carbocycles. The van der Waals surface area contributed by atoms with Crippen LogP contribution in [0.2, 0.25) is 0 Å². The molecule has 1 N–H and O–H groups in total. The van der Waals surface area contributed by atoms with Crippen LogP contribution in [-0.2, 0) is 0 Å². The summed E-state index contributed by atoms with van der Waals surface area (Å²) in [5.41, 5.74) is 4.58. The van der Waals surface area contributed by atoms with E-state index in [1.165, 1.54) is 62.8 Å². The van der Waals surface area contributed by atoms with E-state index < -0.39 is 0 Å². The molecule has 2 aliphatic rings. The molecule has 1 saturated heterocycles. The van der Waals surface area contributed by atoms with Crippen LogP contribution >= 0.6 is 0 Å². The molecule has 0 aromatic carbocycles. The molecule has 2 heterocycles. The second-order valence-corrected chi connectivity index (χ2v) is 5.21. The van der Waals surface area contributed by atoms with Gasteiger partial charge in [0.15, 0.2) is 0 Å². The van der Waals surface area contributed by atoms with Crippen LogP contribution in [0.5, 0.6) is 0 Å². The third kappa shape index (κ3) is 3.05. The van der Waals surface area contributed by atoms with Crippen LogP contribution in [0.25, 0.3) is 0 Å². The van der Waals surface area contributed by atoms with E-state index in [9.17, 15) is 0 Å². The zero-order chi connectivity index (χ0) is 12.1. The van der Waals surface area contributed by atoms with Crippen molar-refractivity contribution >= 4 is 0 Å². The predicted molar refractivity (Wildman–Crippen MR) is 73.5 cm³/mol. The van der Waals surface area contributed by atoms with Gasteiger partial charge in [0.25, 0.3) is 0 Å². The van der Waals surface area contributed by atoms with Crippen molar-refractivity contribution in [2.75, 3.05) is 13.6 Å². The number of hydrogen-bond acceptors (Lipinski definition) is 2. The molecule has 17 heavy (non-hydrogen) atoms. The second-order valence-electron chi connectivity index (χ2n) is 5.21. The molecule has 0 aromatic heterocycles. The minimum atomic E-state index is 1.15. The molecule has 2 nitrogen and oxygen atoms in total. The van der Waals surface area contributed by atoms with Gasteiger partial charge in [-0.2, -0.15) is 0 Å². The summed E-state index contributed by atoms with van der Waals surface area (Å²) in [7, 11) is 2.22. The fourth-order valence-corrected chi connectivity index (χ4v) is 2.86. The van der Waals surface area contributed by atoms with E-state index in [1.54, 1.807) is 5.70 Å². The fraction of sp³-hybridized carbons (Fsp3) is 0.733. The van der Waals surface area contributed by atoms with Crippen molar-refractivity contribution < 1.29 is 0 Å². The molecule has 0 atom stereocenters. The number of allylic oxidation sites excluding steroid dienone is 4. The predicted octanol–water partition coefficient (Wildman–Crippen LogP) is 3.77. The van der Waals surface area contributed by atoms with Crippen molar-refractivity contribution in [3.63, 3.8) is 0 Å². The quantitative estimate of drug-likeness (QED) is 0.704. The van der Waals surface area contributed by atoms with Gasteiger partial charge in [0.1, 0.15) is 0 Å². The van der Waals surface area contributed by atoms with Crippen LogP contribution in [0.4, 0.5) is 0 Å². The third-order valence-corrected chi connectivity index (χ3v) is 3.95. The van der Waals surface area contributed by atoms with E-state index in [0.29, 0.717) is 0 Å². The lowest BCUT2D eigenvalue weighted by molar-refractivity contribution is 0.539. The summed E-state index contributed by atoms with van der Waals surface area (Å²) >= 11 is 0. The standard InChI is InChI=1S/C15H26N2/c1-3-4-5-6-12-16-14-9-7-8-13-10-11-15(14)17(13)2/h8,16H,3-7,9-12H2,1-2H3. The first-order valence-corrected chi connectivity index (χ1v) is 7.21. The Hall–Kier alpha value is -0.920. The molecule has 96 valence electrons. The van der Waals surface area contributed by atoms with Crippen LogP contribution in [-0.4, -0.2) is 18.5 Å².